The van der Waals surface area contributed by atoms with Gasteiger partial charge in [-0.3, -0.25) is 0 Å². The molecular weight excluding hydrogens is 312 g/mol. The Bertz CT molecular complexity index is 487. The fourth-order valence-electron chi connectivity index (χ4n) is 1.22. The standard InChI is InChI=1S/C11H6ClF6NO/c12-8(4-19)5-20-9-2-6(10(13,14)15)1-7(3-9)11(16,17)18/h1-3,8H,5H2. The van der Waals surface area contributed by atoms with Gasteiger partial charge in [0, 0.05) is 0 Å². The van der Waals surface area contributed by atoms with Crippen molar-refractivity contribution in [3.05, 3.63) is 29.3 Å². The zero-order valence-electron chi connectivity index (χ0n) is 9.52. The number of hydrogen-bond acceptors (Lipinski definition) is 2. The Kier molecular flexibility index (Phi) is 4.76. The molecule has 0 aliphatic rings. The molecule has 0 saturated carbocycles. The highest BCUT2D eigenvalue weighted by Crippen LogP contribution is 2.38. The average molecular weight is 318 g/mol. The Labute approximate surface area is 114 Å². The molecule has 20 heavy (non-hydrogen) atoms. The number of nitrogens with zero attached hydrogens (tertiary/aromatic N) is 1. The summed E-state index contributed by atoms with van der Waals surface area (Å²) in [4.78, 5) is 0. The summed E-state index contributed by atoms with van der Waals surface area (Å²) in [6.07, 6.45) is -9.90. The number of benzene rings is 1. The van der Waals surface area contributed by atoms with Crippen LogP contribution in [0.1, 0.15) is 11.1 Å². The summed E-state index contributed by atoms with van der Waals surface area (Å²) < 4.78 is 79.7. The summed E-state index contributed by atoms with van der Waals surface area (Å²) in [6.45, 7) is -0.531. The first-order valence-corrected chi connectivity index (χ1v) is 5.43. The van der Waals surface area contributed by atoms with E-state index in [1.165, 1.54) is 6.07 Å². The van der Waals surface area contributed by atoms with Crippen molar-refractivity contribution < 1.29 is 31.1 Å². The molecule has 0 bridgehead atoms. The van der Waals surface area contributed by atoms with Crippen LogP contribution in [-0.2, 0) is 12.4 Å². The van der Waals surface area contributed by atoms with E-state index in [-0.39, 0.29) is 6.07 Å². The van der Waals surface area contributed by atoms with E-state index in [4.69, 9.17) is 16.9 Å². The summed E-state index contributed by atoms with van der Waals surface area (Å²) in [5.41, 5.74) is -2.99. The quantitative estimate of drug-likeness (QED) is 0.617. The predicted molar refractivity (Wildman–Crippen MR) is 57.2 cm³/mol. The van der Waals surface area contributed by atoms with Crippen molar-refractivity contribution in [2.45, 2.75) is 17.7 Å². The second kappa shape index (κ2) is 5.79. The summed E-state index contributed by atoms with van der Waals surface area (Å²) in [7, 11) is 0. The number of hydrogen-bond donors (Lipinski definition) is 0. The van der Waals surface area contributed by atoms with Crippen molar-refractivity contribution in [2.75, 3.05) is 6.61 Å². The molecule has 0 saturated heterocycles. The highest BCUT2D eigenvalue weighted by molar-refractivity contribution is 6.22. The Morgan fingerprint density at radius 1 is 1.05 bits per heavy atom. The summed E-state index contributed by atoms with van der Waals surface area (Å²) >= 11 is 5.34. The third-order valence-electron chi connectivity index (χ3n) is 2.10. The Morgan fingerprint density at radius 2 is 1.50 bits per heavy atom. The highest BCUT2D eigenvalue weighted by Gasteiger charge is 2.37. The van der Waals surface area contributed by atoms with Gasteiger partial charge in [0.2, 0.25) is 0 Å². The van der Waals surface area contributed by atoms with Gasteiger partial charge in [0.15, 0.2) is 5.38 Å². The van der Waals surface area contributed by atoms with Crippen molar-refractivity contribution >= 4 is 11.6 Å². The van der Waals surface area contributed by atoms with E-state index in [9.17, 15) is 26.3 Å². The van der Waals surface area contributed by atoms with E-state index < -0.39 is 41.2 Å². The van der Waals surface area contributed by atoms with Crippen molar-refractivity contribution in [3.63, 3.8) is 0 Å². The van der Waals surface area contributed by atoms with Crippen molar-refractivity contribution in [3.8, 4) is 11.8 Å². The smallest absolute Gasteiger partial charge is 0.416 e. The fraction of sp³-hybridized carbons (Fsp3) is 0.364. The first kappa shape index (κ1) is 16.4. The largest absolute Gasteiger partial charge is 0.491 e. The van der Waals surface area contributed by atoms with Crippen molar-refractivity contribution in [1.29, 1.82) is 5.26 Å². The molecule has 0 aromatic heterocycles. The molecule has 0 N–H and O–H groups in total. The molecule has 2 nitrogen and oxygen atoms in total. The molecule has 110 valence electrons. The lowest BCUT2D eigenvalue weighted by Crippen LogP contribution is -2.13. The second-order valence-electron chi connectivity index (χ2n) is 3.65. The highest BCUT2D eigenvalue weighted by atomic mass is 35.5. The van der Waals surface area contributed by atoms with Gasteiger partial charge in [0.1, 0.15) is 12.4 Å². The van der Waals surface area contributed by atoms with Crippen LogP contribution < -0.4 is 4.74 Å². The first-order chi connectivity index (χ1) is 9.04. The SMILES string of the molecule is N#CC(Cl)COc1cc(C(F)(F)F)cc(C(F)(F)F)c1. The molecule has 1 rings (SSSR count). The number of halogens is 7. The van der Waals surface area contributed by atoms with E-state index in [0.717, 1.165) is 0 Å². The number of rotatable bonds is 3. The molecule has 0 aliphatic heterocycles. The second-order valence-corrected chi connectivity index (χ2v) is 4.18. The topological polar surface area (TPSA) is 33.0 Å². The predicted octanol–water partition coefficient (Wildman–Crippen LogP) is 4.23. The van der Waals surface area contributed by atoms with Crippen LogP contribution in [0.3, 0.4) is 0 Å². The number of ether oxygens (including phenoxy) is 1. The zero-order chi connectivity index (χ0) is 15.6. The number of alkyl halides is 7. The molecule has 0 radical (unpaired) electrons. The first-order valence-electron chi connectivity index (χ1n) is 5.00. The van der Waals surface area contributed by atoms with Crippen LogP contribution in [-0.4, -0.2) is 12.0 Å². The van der Waals surface area contributed by atoms with Crippen LogP contribution in [0.25, 0.3) is 0 Å². The van der Waals surface area contributed by atoms with Crippen molar-refractivity contribution in [1.82, 2.24) is 0 Å². The zero-order valence-corrected chi connectivity index (χ0v) is 10.3. The van der Waals surface area contributed by atoms with Gasteiger partial charge < -0.3 is 4.74 Å². The van der Waals surface area contributed by atoms with Crippen LogP contribution in [0.15, 0.2) is 18.2 Å². The lowest BCUT2D eigenvalue weighted by molar-refractivity contribution is -0.143. The molecule has 0 amide bonds. The molecule has 1 unspecified atom stereocenters. The van der Waals surface area contributed by atoms with Crippen LogP contribution >= 0.6 is 11.6 Å². The van der Waals surface area contributed by atoms with Crippen LogP contribution in [0.2, 0.25) is 0 Å². The molecule has 0 aliphatic carbocycles. The third kappa shape index (κ3) is 4.49. The van der Waals surface area contributed by atoms with Gasteiger partial charge >= 0.3 is 12.4 Å². The maximum atomic E-state index is 12.5. The van der Waals surface area contributed by atoms with Crippen LogP contribution in [0.4, 0.5) is 26.3 Å². The van der Waals surface area contributed by atoms with Crippen LogP contribution in [0, 0.1) is 11.3 Å². The monoisotopic (exact) mass is 317 g/mol. The Balaban J connectivity index is 3.15. The molecule has 1 aromatic carbocycles. The molecular formula is C11H6ClF6NO. The minimum absolute atomic E-state index is 0.0185. The average Bonchev–Trinajstić information content (AvgIpc) is 2.33. The minimum Gasteiger partial charge on any atom is -0.491 e. The van der Waals surface area contributed by atoms with E-state index in [0.29, 0.717) is 12.1 Å². The summed E-state index contributed by atoms with van der Waals surface area (Å²) in [5.74, 6) is -0.659. The van der Waals surface area contributed by atoms with Gasteiger partial charge in [0.05, 0.1) is 17.2 Å². The Hall–Kier alpha value is -1.62. The van der Waals surface area contributed by atoms with Crippen molar-refractivity contribution in [2.24, 2.45) is 0 Å². The summed E-state index contributed by atoms with van der Waals surface area (Å²) in [6, 6.07) is 2.33. The molecule has 9 heteroatoms. The molecule has 0 spiro atoms. The van der Waals surface area contributed by atoms with Crippen LogP contribution in [0.5, 0.6) is 5.75 Å². The molecule has 0 heterocycles. The molecule has 1 atom stereocenters. The van der Waals surface area contributed by atoms with Gasteiger partial charge in [-0.2, -0.15) is 31.6 Å². The van der Waals surface area contributed by atoms with E-state index in [1.54, 1.807) is 0 Å². The summed E-state index contributed by atoms with van der Waals surface area (Å²) in [5, 5.41) is 7.18. The maximum absolute atomic E-state index is 12.5. The minimum atomic E-state index is -4.95. The fourth-order valence-corrected chi connectivity index (χ4v) is 1.28. The van der Waals surface area contributed by atoms with Gasteiger partial charge in [0.25, 0.3) is 0 Å². The number of nitriles is 1. The molecule has 1 aromatic rings. The Morgan fingerprint density at radius 3 is 1.85 bits per heavy atom. The normalized spacial score (nSPS) is 13.7. The maximum Gasteiger partial charge on any atom is 0.416 e. The lowest BCUT2D eigenvalue weighted by Gasteiger charge is -2.14. The van der Waals surface area contributed by atoms with E-state index >= 15 is 0 Å². The third-order valence-corrected chi connectivity index (χ3v) is 2.32. The van der Waals surface area contributed by atoms with E-state index in [1.807, 2.05) is 0 Å². The van der Waals surface area contributed by atoms with Gasteiger partial charge in [-0.05, 0) is 18.2 Å². The van der Waals surface area contributed by atoms with Gasteiger partial charge in [-0.25, -0.2) is 0 Å². The van der Waals surface area contributed by atoms with E-state index in [2.05, 4.69) is 4.74 Å². The van der Waals surface area contributed by atoms with Gasteiger partial charge in [-0.1, -0.05) is 0 Å². The van der Waals surface area contributed by atoms with Gasteiger partial charge in [-0.15, -0.1) is 11.6 Å². The lowest BCUT2D eigenvalue weighted by atomic mass is 10.1. The molecule has 0 fully saturated rings.